The minimum Gasteiger partial charge on any atom is -0.378 e. The Morgan fingerprint density at radius 2 is 1.97 bits per heavy atom. The van der Waals surface area contributed by atoms with Crippen LogP contribution < -0.4 is 15.1 Å². The average Bonchev–Trinajstić information content (AvgIpc) is 2.92. The Hall–Kier alpha value is -3.11. The number of alkyl halides is 1. The molecule has 3 fully saturated rings. The number of rotatable bonds is 6. The molecule has 3 aromatic rings. The van der Waals surface area contributed by atoms with Crippen molar-refractivity contribution in [2.45, 2.75) is 63.3 Å². The molecule has 0 saturated carbocycles. The van der Waals surface area contributed by atoms with Gasteiger partial charge in [0.05, 0.1) is 29.0 Å². The first-order valence-electron chi connectivity index (χ1n) is 14.9. The molecule has 0 amide bonds. The van der Waals surface area contributed by atoms with Crippen LogP contribution in [0.5, 0.6) is 0 Å². The van der Waals surface area contributed by atoms with Crippen LogP contribution in [0.15, 0.2) is 30.7 Å². The van der Waals surface area contributed by atoms with Crippen LogP contribution in [0, 0.1) is 0 Å². The van der Waals surface area contributed by atoms with Crippen LogP contribution in [0.1, 0.15) is 55.1 Å². The van der Waals surface area contributed by atoms with Gasteiger partial charge in [-0.25, -0.2) is 19.3 Å². The minimum atomic E-state index is -2.63. The molecule has 0 radical (unpaired) electrons. The summed E-state index contributed by atoms with van der Waals surface area (Å²) in [6, 6.07) is 6.46. The Morgan fingerprint density at radius 1 is 1.13 bits per heavy atom. The van der Waals surface area contributed by atoms with Gasteiger partial charge in [-0.15, -0.1) is 0 Å². The third-order valence-corrected chi connectivity index (χ3v) is 8.23. The summed E-state index contributed by atoms with van der Waals surface area (Å²) in [5, 5.41) is 5.43. The fourth-order valence-corrected chi connectivity index (χ4v) is 5.85. The number of methoxy groups -OCH3 is 1. The smallest absolute Gasteiger partial charge is 0.233 e. The quantitative estimate of drug-likeness (QED) is 0.497. The minimum absolute atomic E-state index is 0.0668. The van der Waals surface area contributed by atoms with E-state index < -0.39 is 19.3 Å². The van der Waals surface area contributed by atoms with Gasteiger partial charge in [0.2, 0.25) is 11.9 Å². The van der Waals surface area contributed by atoms with Crippen LogP contribution >= 0.6 is 0 Å². The number of nitrogens with zero attached hydrogens (tertiary/aromatic N) is 6. The number of fused-ring (bicyclic) bond motifs is 1. The number of hydrogen-bond acceptors (Lipinski definition) is 9. The van der Waals surface area contributed by atoms with E-state index in [-0.39, 0.29) is 18.6 Å². The molecule has 1 spiro atoms. The maximum absolute atomic E-state index is 14.7. The third-order valence-electron chi connectivity index (χ3n) is 8.23. The molecule has 6 rings (SSSR count). The van der Waals surface area contributed by atoms with E-state index in [1.165, 1.54) is 17.6 Å². The van der Waals surface area contributed by atoms with E-state index in [9.17, 15) is 4.39 Å². The van der Waals surface area contributed by atoms with Gasteiger partial charge < -0.3 is 24.6 Å². The van der Waals surface area contributed by atoms with Crippen LogP contribution in [-0.4, -0.2) is 77.6 Å². The van der Waals surface area contributed by atoms with Crippen LogP contribution in [0.3, 0.4) is 0 Å². The van der Waals surface area contributed by atoms with E-state index >= 15 is 0 Å². The molecule has 3 aliphatic heterocycles. The van der Waals surface area contributed by atoms with Gasteiger partial charge in [-0.2, -0.15) is 4.98 Å². The lowest BCUT2D eigenvalue weighted by atomic mass is 9.84. The topological polar surface area (TPSA) is 88.5 Å². The number of hydrogen-bond donors (Lipinski definition) is 1. The predicted molar refractivity (Wildman–Crippen MR) is 146 cm³/mol. The van der Waals surface area contributed by atoms with Gasteiger partial charge in [0, 0.05) is 43.9 Å². The van der Waals surface area contributed by atoms with Crippen molar-refractivity contribution in [1.29, 1.82) is 0 Å². The van der Waals surface area contributed by atoms with Gasteiger partial charge in [0.1, 0.15) is 18.3 Å². The summed E-state index contributed by atoms with van der Waals surface area (Å²) < 4.78 is 47.3. The molecule has 2 atom stereocenters. The van der Waals surface area contributed by atoms with Crippen LogP contribution in [0.25, 0.3) is 10.8 Å². The zero-order valence-electron chi connectivity index (χ0n) is 24.9. The summed E-state index contributed by atoms with van der Waals surface area (Å²) in [6.45, 7) is 7.47. The Labute approximate surface area is 227 Å². The lowest BCUT2D eigenvalue weighted by Gasteiger charge is -2.48. The Morgan fingerprint density at radius 3 is 2.68 bits per heavy atom. The van der Waals surface area contributed by atoms with Crippen molar-refractivity contribution >= 4 is 34.2 Å². The van der Waals surface area contributed by atoms with Crippen molar-refractivity contribution in [3.8, 4) is 0 Å². The van der Waals surface area contributed by atoms with E-state index in [2.05, 4.69) is 51.1 Å². The lowest BCUT2D eigenvalue weighted by Crippen LogP contribution is -2.52. The Bertz CT molecular complexity index is 1390. The van der Waals surface area contributed by atoms with E-state index in [1.54, 1.807) is 4.90 Å². The highest BCUT2D eigenvalue weighted by molar-refractivity contribution is 5.97. The molecule has 202 valence electrons. The monoisotopic (exact) mass is 524 g/mol. The number of ether oxygens (including phenoxy) is 2. The number of pyridine rings is 1. The average molecular weight is 525 g/mol. The molecule has 5 heterocycles. The van der Waals surface area contributed by atoms with Gasteiger partial charge in [0.15, 0.2) is 0 Å². The molecule has 1 N–H and O–H groups in total. The van der Waals surface area contributed by atoms with Crippen LogP contribution in [0.4, 0.5) is 27.8 Å². The Kier molecular flexibility index (Phi) is 5.86. The SMILES string of the molecule is [2H]C([2H])([2H])O[C@@H]1CCN(c2ncnc(Nc3cc4c(C(C)C)ccc(N5CCC6(CCO6)CC5)c4cn3)n2)C[C@@H]1F. The van der Waals surface area contributed by atoms with Crippen molar-refractivity contribution in [3.63, 3.8) is 0 Å². The largest absolute Gasteiger partial charge is 0.378 e. The molecule has 10 heteroatoms. The molecule has 1 aromatic carbocycles. The number of benzene rings is 1. The van der Waals surface area contributed by atoms with Gasteiger partial charge in [-0.05, 0) is 54.7 Å². The van der Waals surface area contributed by atoms with Gasteiger partial charge in [0.25, 0.3) is 0 Å². The first-order valence-corrected chi connectivity index (χ1v) is 13.4. The molecule has 3 saturated heterocycles. The molecule has 0 unspecified atom stereocenters. The molecular weight excluding hydrogens is 485 g/mol. The summed E-state index contributed by atoms with van der Waals surface area (Å²) in [5.74, 6) is 1.52. The lowest BCUT2D eigenvalue weighted by molar-refractivity contribution is -0.158. The number of anilines is 4. The molecule has 9 nitrogen and oxygen atoms in total. The van der Waals surface area contributed by atoms with E-state index in [0.29, 0.717) is 30.2 Å². The summed E-state index contributed by atoms with van der Waals surface area (Å²) in [4.78, 5) is 21.8. The zero-order valence-corrected chi connectivity index (χ0v) is 21.9. The van der Waals surface area contributed by atoms with Gasteiger partial charge in [-0.3, -0.25) is 0 Å². The highest BCUT2D eigenvalue weighted by atomic mass is 19.1. The van der Waals surface area contributed by atoms with Gasteiger partial charge >= 0.3 is 0 Å². The molecular formula is C28H36FN7O2. The van der Waals surface area contributed by atoms with Crippen molar-refractivity contribution < 1.29 is 18.0 Å². The van der Waals surface area contributed by atoms with Crippen LogP contribution in [0.2, 0.25) is 0 Å². The summed E-state index contributed by atoms with van der Waals surface area (Å²) in [7, 11) is -2.63. The summed E-state index contributed by atoms with van der Waals surface area (Å²) in [6.07, 6.45) is 4.28. The second-order valence-electron chi connectivity index (χ2n) is 10.9. The van der Waals surface area contributed by atoms with Gasteiger partial charge in [-0.1, -0.05) is 19.9 Å². The second kappa shape index (κ2) is 10.2. The van der Waals surface area contributed by atoms with E-state index in [1.807, 2.05) is 12.3 Å². The maximum atomic E-state index is 14.7. The van der Waals surface area contributed by atoms with E-state index in [0.717, 1.165) is 49.7 Å². The normalized spacial score (nSPS) is 24.7. The van der Waals surface area contributed by atoms with E-state index in [4.69, 9.17) is 18.6 Å². The number of aromatic nitrogens is 4. The summed E-state index contributed by atoms with van der Waals surface area (Å²) in [5.41, 5.74) is 2.51. The van der Waals surface area contributed by atoms with Crippen molar-refractivity contribution in [2.75, 3.05) is 54.9 Å². The van der Waals surface area contributed by atoms with Crippen LogP contribution in [-0.2, 0) is 9.47 Å². The highest BCUT2D eigenvalue weighted by Gasteiger charge is 2.41. The van der Waals surface area contributed by atoms with Crippen molar-refractivity contribution in [1.82, 2.24) is 19.9 Å². The zero-order chi connectivity index (χ0) is 28.8. The standard InChI is InChI=1S/C28H36FN7O2/c1-18(2)19-4-5-23(35-11-7-28(8-12-35)9-13-38-28)21-15-30-25(14-20(19)21)33-26-31-17-32-27(34-26)36-10-6-24(37-3)22(29)16-36/h4-5,14-15,17-18,22,24H,6-13,16H2,1-3H3,(H,30,31,32,33,34)/t22-,24+/m0/s1/i3D3. The maximum Gasteiger partial charge on any atom is 0.233 e. The number of halogens is 1. The molecule has 0 bridgehead atoms. The molecule has 0 aliphatic carbocycles. The predicted octanol–water partition coefficient (Wildman–Crippen LogP) is 4.61. The third kappa shape index (κ3) is 4.75. The Balaban J connectivity index is 1.20. The fourth-order valence-electron chi connectivity index (χ4n) is 5.85. The molecule has 2 aromatic heterocycles. The summed E-state index contributed by atoms with van der Waals surface area (Å²) >= 11 is 0. The van der Waals surface area contributed by atoms with Crippen molar-refractivity contribution in [3.05, 3.63) is 36.3 Å². The molecule has 38 heavy (non-hydrogen) atoms. The second-order valence-corrected chi connectivity index (χ2v) is 10.9. The number of piperidine rings is 2. The fraction of sp³-hybridized carbons (Fsp3) is 0.571. The van der Waals surface area contributed by atoms with Crippen molar-refractivity contribution in [2.24, 2.45) is 0 Å². The molecule has 3 aliphatic rings. The first kappa shape index (κ1) is 21.8. The first-order chi connectivity index (χ1) is 19.6. The number of nitrogens with one attached hydrogen (secondary N) is 1. The highest BCUT2D eigenvalue weighted by Crippen LogP contribution is 2.40.